The summed E-state index contributed by atoms with van der Waals surface area (Å²) in [4.78, 5) is 38.1. The third-order valence-corrected chi connectivity index (χ3v) is 5.07. The monoisotopic (exact) mass is 358 g/mol. The highest BCUT2D eigenvalue weighted by Crippen LogP contribution is 2.22. The van der Waals surface area contributed by atoms with Crippen molar-refractivity contribution in [2.75, 3.05) is 6.54 Å². The van der Waals surface area contributed by atoms with E-state index in [9.17, 15) is 14.4 Å². The van der Waals surface area contributed by atoms with Gasteiger partial charge in [-0.25, -0.2) is 4.79 Å². The first-order valence-corrected chi connectivity index (χ1v) is 8.88. The van der Waals surface area contributed by atoms with E-state index >= 15 is 0 Å². The molecule has 0 aliphatic carbocycles. The minimum absolute atomic E-state index is 0.0986. The van der Waals surface area contributed by atoms with Crippen molar-refractivity contribution in [1.82, 2.24) is 10.2 Å². The van der Waals surface area contributed by atoms with Crippen LogP contribution in [0.1, 0.15) is 38.4 Å². The number of benzene rings is 1. The van der Waals surface area contributed by atoms with E-state index in [1.54, 1.807) is 23.1 Å². The van der Waals surface area contributed by atoms with Crippen molar-refractivity contribution in [3.05, 3.63) is 57.8 Å². The van der Waals surface area contributed by atoms with Crippen molar-refractivity contribution in [2.45, 2.75) is 25.4 Å². The molecule has 1 atom stereocenters. The number of thiophene rings is 1. The Hall–Kier alpha value is -2.67. The molecule has 2 N–H and O–H groups in total. The molecule has 7 heteroatoms. The lowest BCUT2D eigenvalue weighted by Gasteiger charge is -2.23. The zero-order valence-corrected chi connectivity index (χ0v) is 14.3. The van der Waals surface area contributed by atoms with Gasteiger partial charge in [0.25, 0.3) is 5.91 Å². The van der Waals surface area contributed by atoms with E-state index in [2.05, 4.69) is 5.32 Å². The lowest BCUT2D eigenvalue weighted by atomic mass is 10.1. The van der Waals surface area contributed by atoms with E-state index < -0.39 is 12.0 Å². The van der Waals surface area contributed by atoms with Crippen LogP contribution in [0.3, 0.4) is 0 Å². The van der Waals surface area contributed by atoms with Gasteiger partial charge in [0.1, 0.15) is 6.04 Å². The zero-order chi connectivity index (χ0) is 17.8. The average molecular weight is 358 g/mol. The van der Waals surface area contributed by atoms with Crippen LogP contribution in [0, 0.1) is 0 Å². The molecule has 1 aromatic carbocycles. The van der Waals surface area contributed by atoms with Gasteiger partial charge in [-0.05, 0) is 42.0 Å². The Morgan fingerprint density at radius 1 is 1.20 bits per heavy atom. The maximum Gasteiger partial charge on any atom is 0.335 e. The summed E-state index contributed by atoms with van der Waals surface area (Å²) in [6.07, 6.45) is 1.46. The SMILES string of the molecule is O=C(O)c1ccc(CNC(=O)[C@@H]2CCCN2C(=O)c2cccs2)cc1. The predicted octanol–water partition coefficient (Wildman–Crippen LogP) is 2.37. The van der Waals surface area contributed by atoms with Gasteiger partial charge in [-0.3, -0.25) is 9.59 Å². The molecule has 1 aliphatic heterocycles. The van der Waals surface area contributed by atoms with Crippen molar-refractivity contribution >= 4 is 29.1 Å². The fourth-order valence-electron chi connectivity index (χ4n) is 2.90. The largest absolute Gasteiger partial charge is 0.478 e. The third-order valence-electron chi connectivity index (χ3n) is 4.22. The smallest absolute Gasteiger partial charge is 0.335 e. The number of aromatic carboxylic acids is 1. The number of carboxylic acid groups (broad SMARTS) is 1. The number of carbonyl (C=O) groups is 3. The van der Waals surface area contributed by atoms with Gasteiger partial charge in [0.05, 0.1) is 10.4 Å². The maximum atomic E-state index is 12.5. The van der Waals surface area contributed by atoms with E-state index in [1.165, 1.54) is 23.5 Å². The quantitative estimate of drug-likeness (QED) is 0.859. The fraction of sp³-hybridized carbons (Fsp3) is 0.278. The van der Waals surface area contributed by atoms with Gasteiger partial charge in [0, 0.05) is 13.1 Å². The van der Waals surface area contributed by atoms with E-state index in [0.29, 0.717) is 24.4 Å². The zero-order valence-electron chi connectivity index (χ0n) is 13.5. The van der Waals surface area contributed by atoms with Crippen molar-refractivity contribution in [3.8, 4) is 0 Å². The van der Waals surface area contributed by atoms with Gasteiger partial charge in [-0.2, -0.15) is 0 Å². The van der Waals surface area contributed by atoms with Crippen molar-refractivity contribution < 1.29 is 19.5 Å². The molecule has 1 saturated heterocycles. The molecule has 2 aromatic rings. The summed E-state index contributed by atoms with van der Waals surface area (Å²) in [6, 6.07) is 9.50. The van der Waals surface area contributed by atoms with Gasteiger partial charge >= 0.3 is 5.97 Å². The topological polar surface area (TPSA) is 86.7 Å². The van der Waals surface area contributed by atoms with Crippen LogP contribution >= 0.6 is 11.3 Å². The number of hydrogen-bond donors (Lipinski definition) is 2. The number of carboxylic acids is 1. The fourth-order valence-corrected chi connectivity index (χ4v) is 3.58. The van der Waals surface area contributed by atoms with Crippen LogP contribution in [0.25, 0.3) is 0 Å². The van der Waals surface area contributed by atoms with Crippen LogP contribution in [-0.2, 0) is 11.3 Å². The minimum Gasteiger partial charge on any atom is -0.478 e. The molecule has 130 valence electrons. The molecule has 0 unspecified atom stereocenters. The van der Waals surface area contributed by atoms with Gasteiger partial charge in [0.15, 0.2) is 0 Å². The molecule has 0 spiro atoms. The van der Waals surface area contributed by atoms with Crippen LogP contribution in [0.15, 0.2) is 41.8 Å². The maximum absolute atomic E-state index is 12.5. The molecule has 6 nitrogen and oxygen atoms in total. The molecule has 0 saturated carbocycles. The van der Waals surface area contributed by atoms with Crippen molar-refractivity contribution in [1.29, 1.82) is 0 Å². The second-order valence-electron chi connectivity index (χ2n) is 5.85. The minimum atomic E-state index is -0.982. The van der Waals surface area contributed by atoms with Gasteiger partial charge in [-0.15, -0.1) is 11.3 Å². The Bertz CT molecular complexity index is 771. The van der Waals surface area contributed by atoms with Gasteiger partial charge in [-0.1, -0.05) is 18.2 Å². The van der Waals surface area contributed by atoms with E-state index in [4.69, 9.17) is 5.11 Å². The average Bonchev–Trinajstić information content (AvgIpc) is 3.30. The van der Waals surface area contributed by atoms with Crippen LogP contribution < -0.4 is 5.32 Å². The van der Waals surface area contributed by atoms with Crippen LogP contribution in [0.4, 0.5) is 0 Å². The molecule has 1 fully saturated rings. The van der Waals surface area contributed by atoms with Crippen LogP contribution in [0.5, 0.6) is 0 Å². The summed E-state index contributed by atoms with van der Waals surface area (Å²) in [7, 11) is 0. The Balaban J connectivity index is 1.60. The van der Waals surface area contributed by atoms with E-state index in [1.807, 2.05) is 11.4 Å². The highest BCUT2D eigenvalue weighted by atomic mass is 32.1. The first kappa shape index (κ1) is 17.2. The highest BCUT2D eigenvalue weighted by Gasteiger charge is 2.34. The summed E-state index contributed by atoms with van der Waals surface area (Å²) in [5, 5.41) is 13.6. The molecule has 0 radical (unpaired) electrons. The van der Waals surface area contributed by atoms with Gasteiger partial charge in [0.2, 0.25) is 5.91 Å². The van der Waals surface area contributed by atoms with Crippen LogP contribution in [-0.4, -0.2) is 40.4 Å². The summed E-state index contributed by atoms with van der Waals surface area (Å²) >= 11 is 1.37. The molecule has 0 bridgehead atoms. The summed E-state index contributed by atoms with van der Waals surface area (Å²) in [6.45, 7) is 0.887. The summed E-state index contributed by atoms with van der Waals surface area (Å²) < 4.78 is 0. The highest BCUT2D eigenvalue weighted by molar-refractivity contribution is 7.12. The van der Waals surface area contributed by atoms with E-state index in [-0.39, 0.29) is 17.4 Å². The Labute approximate surface area is 149 Å². The molecule has 1 aromatic heterocycles. The number of likely N-dealkylation sites (tertiary alicyclic amines) is 1. The van der Waals surface area contributed by atoms with E-state index in [0.717, 1.165) is 12.0 Å². The molecule has 25 heavy (non-hydrogen) atoms. The molecular formula is C18H18N2O4S. The second kappa shape index (κ2) is 7.48. The van der Waals surface area contributed by atoms with Crippen molar-refractivity contribution in [3.63, 3.8) is 0 Å². The molecular weight excluding hydrogens is 340 g/mol. The summed E-state index contributed by atoms with van der Waals surface area (Å²) in [5.41, 5.74) is 1.02. The lowest BCUT2D eigenvalue weighted by molar-refractivity contribution is -0.125. The number of nitrogens with one attached hydrogen (secondary N) is 1. The molecule has 3 rings (SSSR count). The van der Waals surface area contributed by atoms with Crippen molar-refractivity contribution in [2.24, 2.45) is 0 Å². The van der Waals surface area contributed by atoms with Gasteiger partial charge < -0.3 is 15.3 Å². The number of amides is 2. The lowest BCUT2D eigenvalue weighted by Crippen LogP contribution is -2.45. The number of nitrogens with zero attached hydrogens (tertiary/aromatic N) is 1. The molecule has 1 aliphatic rings. The predicted molar refractivity (Wildman–Crippen MR) is 93.6 cm³/mol. The first-order chi connectivity index (χ1) is 12.1. The summed E-state index contributed by atoms with van der Waals surface area (Å²) in [5.74, 6) is -1.26. The molecule has 2 amide bonds. The third kappa shape index (κ3) is 3.88. The number of rotatable bonds is 5. The Morgan fingerprint density at radius 2 is 1.96 bits per heavy atom. The normalized spacial score (nSPS) is 16.6. The van der Waals surface area contributed by atoms with Crippen LogP contribution in [0.2, 0.25) is 0 Å². The standard InChI is InChI=1S/C18H18N2O4S/c21-16(19-11-12-5-7-13(8-6-12)18(23)24)14-3-1-9-20(14)17(22)15-4-2-10-25-15/h2,4-8,10,14H,1,3,9,11H2,(H,19,21)(H,23,24)/t14-/m0/s1. The molecule has 2 heterocycles. The second-order valence-corrected chi connectivity index (χ2v) is 6.80. The Kier molecular flexibility index (Phi) is 5.14. The Morgan fingerprint density at radius 3 is 2.60 bits per heavy atom. The number of hydrogen-bond acceptors (Lipinski definition) is 4. The number of carbonyl (C=O) groups excluding carboxylic acids is 2. The first-order valence-electron chi connectivity index (χ1n) is 8.00.